The van der Waals surface area contributed by atoms with Gasteiger partial charge in [-0.2, -0.15) is 0 Å². The van der Waals surface area contributed by atoms with E-state index in [-0.39, 0.29) is 6.54 Å². The van der Waals surface area contributed by atoms with Gasteiger partial charge < -0.3 is 20.5 Å². The maximum absolute atomic E-state index is 13.0. The van der Waals surface area contributed by atoms with E-state index in [1.54, 1.807) is 60.7 Å². The van der Waals surface area contributed by atoms with E-state index in [0.29, 0.717) is 15.7 Å². The topological polar surface area (TPSA) is 169 Å². The van der Waals surface area contributed by atoms with Gasteiger partial charge in [-0.3, -0.25) is 28.5 Å². The van der Waals surface area contributed by atoms with Gasteiger partial charge in [0.25, 0.3) is 11.5 Å². The molecule has 0 unspecified atom stereocenters. The number of methoxy groups -OCH3 is 1. The first-order chi connectivity index (χ1) is 17.7. The Morgan fingerprint density at radius 2 is 1.51 bits per heavy atom. The van der Waals surface area contributed by atoms with Gasteiger partial charge in [-0.25, -0.2) is 9.36 Å². The third-order valence-electron chi connectivity index (χ3n) is 5.24. The number of hydrogen-bond acceptors (Lipinski definition) is 9. The van der Waals surface area contributed by atoms with Crippen LogP contribution in [0.3, 0.4) is 0 Å². The number of nitrogens with one attached hydrogen (secondary N) is 1. The second-order valence-electron chi connectivity index (χ2n) is 7.71. The van der Waals surface area contributed by atoms with Crippen LogP contribution in [0.5, 0.6) is 0 Å². The van der Waals surface area contributed by atoms with Crippen molar-refractivity contribution in [3.05, 3.63) is 98.2 Å². The number of carbonyl (C=O) groups is 4. The highest BCUT2D eigenvalue weighted by Crippen LogP contribution is 2.10. The van der Waals surface area contributed by atoms with Gasteiger partial charge in [-0.05, 0) is 17.7 Å². The van der Waals surface area contributed by atoms with Gasteiger partial charge in [0, 0.05) is 5.56 Å². The van der Waals surface area contributed by atoms with E-state index < -0.39 is 66.0 Å². The first kappa shape index (κ1) is 26.6. The number of nitrogen functional groups attached to an aromatic ring is 1. The second-order valence-corrected chi connectivity index (χ2v) is 7.71. The second kappa shape index (κ2) is 12.1. The van der Waals surface area contributed by atoms with Crippen LogP contribution in [0.25, 0.3) is 0 Å². The van der Waals surface area contributed by atoms with Crippen molar-refractivity contribution in [2.45, 2.75) is 13.1 Å². The summed E-state index contributed by atoms with van der Waals surface area (Å²) < 4.78 is 10.9. The molecule has 0 saturated carbocycles. The molecule has 1 amide bonds. The zero-order valence-electron chi connectivity index (χ0n) is 19.8. The standard InChI is InChI=1S/C25H24N4O8/c1-36-20(32)14-29-24(34)21(22(26)28(25(29)35)13-16-8-4-2-5-9-16)18(30)15-37-19(31)12-27-23(33)17-10-6-3-7-11-17/h2-11H,12-15,26H2,1H3,(H,27,33). The molecule has 0 atom stereocenters. The van der Waals surface area contributed by atoms with Crippen LogP contribution in [0.4, 0.5) is 5.82 Å². The van der Waals surface area contributed by atoms with E-state index in [9.17, 15) is 28.8 Å². The van der Waals surface area contributed by atoms with Gasteiger partial charge >= 0.3 is 17.6 Å². The van der Waals surface area contributed by atoms with Crippen molar-refractivity contribution in [1.82, 2.24) is 14.5 Å². The maximum atomic E-state index is 13.0. The summed E-state index contributed by atoms with van der Waals surface area (Å²) in [6.45, 7) is -2.27. The van der Waals surface area contributed by atoms with Crippen LogP contribution in [0, 0.1) is 0 Å². The number of carbonyl (C=O) groups excluding carboxylic acids is 4. The predicted molar refractivity (Wildman–Crippen MR) is 131 cm³/mol. The summed E-state index contributed by atoms with van der Waals surface area (Å²) in [7, 11) is 1.08. The van der Waals surface area contributed by atoms with Crippen molar-refractivity contribution in [2.24, 2.45) is 0 Å². The number of nitrogens with zero attached hydrogens (tertiary/aromatic N) is 2. The lowest BCUT2D eigenvalue weighted by atomic mass is 10.2. The van der Waals surface area contributed by atoms with E-state index in [1.807, 2.05) is 0 Å². The molecule has 2 aromatic carbocycles. The lowest BCUT2D eigenvalue weighted by Crippen LogP contribution is -2.46. The number of ketones is 1. The summed E-state index contributed by atoms with van der Waals surface area (Å²) in [5.41, 5.74) is 4.34. The van der Waals surface area contributed by atoms with Crippen LogP contribution in [0.2, 0.25) is 0 Å². The molecule has 1 aromatic heterocycles. The highest BCUT2D eigenvalue weighted by atomic mass is 16.5. The molecule has 1 heterocycles. The molecule has 0 spiro atoms. The Labute approximate surface area is 210 Å². The van der Waals surface area contributed by atoms with Crippen molar-refractivity contribution in [1.29, 1.82) is 0 Å². The Kier molecular flexibility index (Phi) is 8.71. The lowest BCUT2D eigenvalue weighted by Gasteiger charge is -2.16. The van der Waals surface area contributed by atoms with Crippen LogP contribution in [0.1, 0.15) is 26.3 Å². The van der Waals surface area contributed by atoms with Gasteiger partial charge in [0.2, 0.25) is 5.78 Å². The average molecular weight is 508 g/mol. The average Bonchev–Trinajstić information content (AvgIpc) is 2.91. The minimum absolute atomic E-state index is 0.0987. The number of nitrogens with two attached hydrogens (primary N) is 1. The third kappa shape index (κ3) is 6.57. The molecule has 12 heteroatoms. The molecule has 37 heavy (non-hydrogen) atoms. The molecular weight excluding hydrogens is 484 g/mol. The number of aromatic nitrogens is 2. The molecule has 192 valence electrons. The normalized spacial score (nSPS) is 10.4. The van der Waals surface area contributed by atoms with Gasteiger partial charge in [0.1, 0.15) is 24.5 Å². The minimum atomic E-state index is -1.13. The van der Waals surface area contributed by atoms with Gasteiger partial charge in [-0.1, -0.05) is 48.5 Å². The molecule has 0 saturated heterocycles. The van der Waals surface area contributed by atoms with Gasteiger partial charge in [0.05, 0.1) is 13.7 Å². The molecular formula is C25H24N4O8. The van der Waals surface area contributed by atoms with E-state index in [4.69, 9.17) is 10.5 Å². The first-order valence-corrected chi connectivity index (χ1v) is 11.0. The Morgan fingerprint density at radius 1 is 0.892 bits per heavy atom. The zero-order valence-corrected chi connectivity index (χ0v) is 19.8. The molecule has 3 aromatic rings. The largest absolute Gasteiger partial charge is 0.468 e. The SMILES string of the molecule is COC(=O)Cn1c(=O)c(C(=O)COC(=O)CNC(=O)c2ccccc2)c(N)n(Cc2ccccc2)c1=O. The number of esters is 2. The number of hydrogen-bond donors (Lipinski definition) is 2. The fourth-order valence-corrected chi connectivity index (χ4v) is 3.34. The lowest BCUT2D eigenvalue weighted by molar-refractivity contribution is -0.142. The van der Waals surface area contributed by atoms with Crippen LogP contribution < -0.4 is 22.3 Å². The minimum Gasteiger partial charge on any atom is -0.468 e. The van der Waals surface area contributed by atoms with E-state index in [0.717, 1.165) is 11.7 Å². The monoisotopic (exact) mass is 508 g/mol. The number of rotatable bonds is 10. The molecule has 0 bridgehead atoms. The van der Waals surface area contributed by atoms with Gasteiger partial charge in [-0.15, -0.1) is 0 Å². The smallest absolute Gasteiger partial charge is 0.333 e. The van der Waals surface area contributed by atoms with E-state index >= 15 is 0 Å². The van der Waals surface area contributed by atoms with E-state index in [2.05, 4.69) is 10.1 Å². The fraction of sp³-hybridized carbons (Fsp3) is 0.200. The molecule has 0 aliphatic rings. The van der Waals surface area contributed by atoms with Crippen molar-refractivity contribution in [3.8, 4) is 0 Å². The Morgan fingerprint density at radius 3 is 2.14 bits per heavy atom. The molecule has 3 rings (SSSR count). The summed E-state index contributed by atoms with van der Waals surface area (Å²) in [6.07, 6.45) is 0. The Balaban J connectivity index is 1.81. The fourth-order valence-electron chi connectivity index (χ4n) is 3.34. The summed E-state index contributed by atoms with van der Waals surface area (Å²) in [5, 5.41) is 2.35. The van der Waals surface area contributed by atoms with Crippen molar-refractivity contribution in [3.63, 3.8) is 0 Å². The molecule has 0 fully saturated rings. The maximum Gasteiger partial charge on any atom is 0.333 e. The van der Waals surface area contributed by atoms with Gasteiger partial charge in [0.15, 0.2) is 6.61 Å². The molecule has 0 aliphatic heterocycles. The van der Waals surface area contributed by atoms with Crippen LogP contribution in [0.15, 0.2) is 70.3 Å². The number of ether oxygens (including phenoxy) is 2. The highest BCUT2D eigenvalue weighted by molar-refractivity contribution is 6.01. The van der Waals surface area contributed by atoms with Crippen molar-refractivity contribution < 1.29 is 28.7 Å². The number of anilines is 1. The Hall–Kier alpha value is -5.00. The number of Topliss-reactive ketones (excluding diaryl/α,β-unsaturated/α-hetero) is 1. The Bertz CT molecular complexity index is 1430. The van der Waals surface area contributed by atoms with Crippen molar-refractivity contribution >= 4 is 29.4 Å². The molecule has 12 nitrogen and oxygen atoms in total. The number of amides is 1. The zero-order chi connectivity index (χ0) is 26.9. The quantitative estimate of drug-likeness (QED) is 0.282. The van der Waals surface area contributed by atoms with Crippen LogP contribution >= 0.6 is 0 Å². The first-order valence-electron chi connectivity index (χ1n) is 11.0. The molecule has 0 radical (unpaired) electrons. The van der Waals surface area contributed by atoms with E-state index in [1.165, 1.54) is 0 Å². The summed E-state index contributed by atoms with van der Waals surface area (Å²) in [4.78, 5) is 74.8. The summed E-state index contributed by atoms with van der Waals surface area (Å²) >= 11 is 0. The summed E-state index contributed by atoms with van der Waals surface area (Å²) in [5.74, 6) is -3.80. The molecule has 3 N–H and O–H groups in total. The van der Waals surface area contributed by atoms with Crippen molar-refractivity contribution in [2.75, 3.05) is 26.0 Å². The number of benzene rings is 2. The third-order valence-corrected chi connectivity index (χ3v) is 5.24. The highest BCUT2D eigenvalue weighted by Gasteiger charge is 2.25. The molecule has 0 aliphatic carbocycles. The summed E-state index contributed by atoms with van der Waals surface area (Å²) in [6, 6.07) is 16.8. The van der Waals surface area contributed by atoms with Crippen LogP contribution in [-0.2, 0) is 32.2 Å². The predicted octanol–water partition coefficient (Wildman–Crippen LogP) is -0.0306. The van der Waals surface area contributed by atoms with Crippen LogP contribution in [-0.4, -0.2) is 53.0 Å².